The fraction of sp³-hybridized carbons (Fsp3) is 0.583. The first-order valence-electron chi connectivity index (χ1n) is 6.17. The second-order valence-corrected chi connectivity index (χ2v) is 5.36. The molecule has 0 saturated heterocycles. The van der Waals surface area contributed by atoms with Gasteiger partial charge in [-0.15, -0.1) is 11.3 Å². The molecule has 1 aromatic rings. The number of aryl methyl sites for hydroxylation is 1. The number of nitrogens with zero attached hydrogens (tertiary/aromatic N) is 2. The van der Waals surface area contributed by atoms with E-state index in [1.54, 1.807) is 23.3 Å². The number of aliphatic carboxylic acids is 1. The number of hydrogen-bond acceptors (Lipinski definition) is 4. The summed E-state index contributed by atoms with van der Waals surface area (Å²) in [6, 6.07) is -0.210. The van der Waals surface area contributed by atoms with Crippen molar-refractivity contribution < 1.29 is 14.7 Å². The Labute approximate surface area is 116 Å². The summed E-state index contributed by atoms with van der Waals surface area (Å²) in [6.07, 6.45) is 3.28. The predicted octanol–water partition coefficient (Wildman–Crippen LogP) is 1.71. The lowest BCUT2D eigenvalue weighted by atomic mass is 10.3. The Balaban J connectivity index is 2.30. The summed E-state index contributed by atoms with van der Waals surface area (Å²) in [5.41, 5.74) is 0. The Kier molecular flexibility index (Phi) is 6.27. The zero-order chi connectivity index (χ0) is 14.3. The minimum atomic E-state index is -0.850. The van der Waals surface area contributed by atoms with Crippen LogP contribution in [0.4, 0.5) is 4.79 Å². The predicted molar refractivity (Wildman–Crippen MR) is 73.2 cm³/mol. The average molecular weight is 285 g/mol. The lowest BCUT2D eigenvalue weighted by Crippen LogP contribution is -2.37. The number of carbonyl (C=O) groups is 2. The fourth-order valence-electron chi connectivity index (χ4n) is 1.43. The van der Waals surface area contributed by atoms with Gasteiger partial charge < -0.3 is 15.3 Å². The topological polar surface area (TPSA) is 82.5 Å². The minimum absolute atomic E-state index is 0.0658. The van der Waals surface area contributed by atoms with Gasteiger partial charge in [0.15, 0.2) is 0 Å². The summed E-state index contributed by atoms with van der Waals surface area (Å²) in [5, 5.41) is 12.1. The summed E-state index contributed by atoms with van der Waals surface area (Å²) >= 11 is 1.60. The van der Waals surface area contributed by atoms with Crippen LogP contribution in [0, 0.1) is 0 Å². The van der Waals surface area contributed by atoms with Crippen LogP contribution in [-0.4, -0.2) is 40.6 Å². The van der Waals surface area contributed by atoms with Crippen molar-refractivity contribution in [1.29, 1.82) is 0 Å². The molecule has 0 bridgehead atoms. The van der Waals surface area contributed by atoms with E-state index in [9.17, 15) is 9.59 Å². The molecule has 7 heteroatoms. The van der Waals surface area contributed by atoms with Gasteiger partial charge in [0, 0.05) is 31.1 Å². The quantitative estimate of drug-likeness (QED) is 0.747. The van der Waals surface area contributed by atoms with Crippen LogP contribution in [-0.2, 0) is 17.8 Å². The summed E-state index contributed by atoms with van der Waals surface area (Å²) in [5.74, 6) is -0.850. The standard InChI is InChI=1S/C12H19N3O3S/c1-3-9-7-14-10(19-9)8-15(2)12(18)13-6-4-5-11(16)17/h7H,3-6,8H2,1-2H3,(H,13,18)(H,16,17). The molecule has 0 radical (unpaired) electrons. The molecule has 106 valence electrons. The van der Waals surface area contributed by atoms with Crippen molar-refractivity contribution in [3.05, 3.63) is 16.1 Å². The third-order valence-corrected chi connectivity index (χ3v) is 3.64. The molecule has 0 aliphatic heterocycles. The first-order chi connectivity index (χ1) is 9.02. The number of thiazole rings is 1. The highest BCUT2D eigenvalue weighted by molar-refractivity contribution is 7.11. The highest BCUT2D eigenvalue weighted by Crippen LogP contribution is 2.14. The van der Waals surface area contributed by atoms with E-state index in [0.29, 0.717) is 19.5 Å². The Morgan fingerprint density at radius 3 is 2.84 bits per heavy atom. The molecule has 6 nitrogen and oxygen atoms in total. The largest absolute Gasteiger partial charge is 0.481 e. The molecule has 0 fully saturated rings. The Bertz CT molecular complexity index is 434. The van der Waals surface area contributed by atoms with E-state index in [-0.39, 0.29) is 12.5 Å². The van der Waals surface area contributed by atoms with Crippen molar-refractivity contribution in [2.75, 3.05) is 13.6 Å². The number of urea groups is 1. The van der Waals surface area contributed by atoms with E-state index in [1.165, 1.54) is 4.88 Å². The molecule has 1 rings (SSSR count). The maximum absolute atomic E-state index is 11.7. The Hall–Kier alpha value is -1.63. The number of nitrogens with one attached hydrogen (secondary N) is 1. The van der Waals surface area contributed by atoms with Gasteiger partial charge in [-0.1, -0.05) is 6.92 Å². The first kappa shape index (κ1) is 15.4. The SMILES string of the molecule is CCc1cnc(CN(C)C(=O)NCCCC(=O)O)s1. The monoisotopic (exact) mass is 285 g/mol. The Morgan fingerprint density at radius 1 is 1.53 bits per heavy atom. The number of carboxylic acid groups (broad SMARTS) is 1. The second-order valence-electron chi connectivity index (χ2n) is 4.16. The van der Waals surface area contributed by atoms with Crippen LogP contribution in [0.15, 0.2) is 6.20 Å². The molecule has 2 N–H and O–H groups in total. The van der Waals surface area contributed by atoms with Crippen molar-refractivity contribution in [2.24, 2.45) is 0 Å². The fourth-order valence-corrected chi connectivity index (χ4v) is 2.35. The van der Waals surface area contributed by atoms with Crippen LogP contribution >= 0.6 is 11.3 Å². The smallest absolute Gasteiger partial charge is 0.317 e. The van der Waals surface area contributed by atoms with Crippen LogP contribution < -0.4 is 5.32 Å². The third kappa shape index (κ3) is 5.69. The Morgan fingerprint density at radius 2 is 2.26 bits per heavy atom. The van der Waals surface area contributed by atoms with E-state index in [2.05, 4.69) is 17.2 Å². The minimum Gasteiger partial charge on any atom is -0.481 e. The number of aromatic nitrogens is 1. The van der Waals surface area contributed by atoms with Crippen molar-refractivity contribution in [2.45, 2.75) is 32.7 Å². The van der Waals surface area contributed by atoms with E-state index < -0.39 is 5.97 Å². The lowest BCUT2D eigenvalue weighted by Gasteiger charge is -2.16. The van der Waals surface area contributed by atoms with Crippen LogP contribution in [0.5, 0.6) is 0 Å². The number of hydrogen-bond donors (Lipinski definition) is 2. The summed E-state index contributed by atoms with van der Waals surface area (Å²) in [4.78, 5) is 29.0. The molecule has 2 amide bonds. The zero-order valence-electron chi connectivity index (χ0n) is 11.2. The maximum Gasteiger partial charge on any atom is 0.317 e. The molecule has 0 saturated carbocycles. The number of carbonyl (C=O) groups excluding carboxylic acids is 1. The van der Waals surface area contributed by atoms with E-state index >= 15 is 0 Å². The van der Waals surface area contributed by atoms with Gasteiger partial charge >= 0.3 is 12.0 Å². The van der Waals surface area contributed by atoms with Crippen molar-refractivity contribution in [3.8, 4) is 0 Å². The van der Waals surface area contributed by atoms with Gasteiger partial charge in [0.2, 0.25) is 0 Å². The van der Waals surface area contributed by atoms with Crippen molar-refractivity contribution in [1.82, 2.24) is 15.2 Å². The molecular weight excluding hydrogens is 266 g/mol. The van der Waals surface area contributed by atoms with Gasteiger partial charge in [0.25, 0.3) is 0 Å². The normalized spacial score (nSPS) is 10.2. The van der Waals surface area contributed by atoms with Crippen LogP contribution in [0.25, 0.3) is 0 Å². The maximum atomic E-state index is 11.7. The molecule has 0 aliphatic carbocycles. The van der Waals surface area contributed by atoms with Crippen molar-refractivity contribution >= 4 is 23.3 Å². The number of rotatable bonds is 7. The summed E-state index contributed by atoms with van der Waals surface area (Å²) < 4.78 is 0. The second kappa shape index (κ2) is 7.73. The molecule has 0 atom stereocenters. The average Bonchev–Trinajstić information content (AvgIpc) is 2.81. The number of amides is 2. The molecular formula is C12H19N3O3S. The molecule has 0 aliphatic rings. The molecule has 0 unspecified atom stereocenters. The van der Waals surface area contributed by atoms with E-state index in [0.717, 1.165) is 11.4 Å². The third-order valence-electron chi connectivity index (χ3n) is 2.51. The van der Waals surface area contributed by atoms with Gasteiger partial charge in [-0.2, -0.15) is 0 Å². The highest BCUT2D eigenvalue weighted by atomic mass is 32.1. The van der Waals surface area contributed by atoms with Crippen LogP contribution in [0.1, 0.15) is 29.7 Å². The highest BCUT2D eigenvalue weighted by Gasteiger charge is 2.10. The van der Waals surface area contributed by atoms with Gasteiger partial charge in [0.05, 0.1) is 6.54 Å². The van der Waals surface area contributed by atoms with E-state index in [1.807, 2.05) is 6.20 Å². The molecule has 1 heterocycles. The number of carboxylic acids is 1. The van der Waals surface area contributed by atoms with Crippen LogP contribution in [0.3, 0.4) is 0 Å². The summed E-state index contributed by atoms with van der Waals surface area (Å²) in [6.45, 7) is 2.90. The molecule has 19 heavy (non-hydrogen) atoms. The lowest BCUT2D eigenvalue weighted by molar-refractivity contribution is -0.137. The van der Waals surface area contributed by atoms with Crippen LogP contribution in [0.2, 0.25) is 0 Å². The van der Waals surface area contributed by atoms with Crippen molar-refractivity contribution in [3.63, 3.8) is 0 Å². The molecule has 0 aromatic carbocycles. The van der Waals surface area contributed by atoms with E-state index in [4.69, 9.17) is 5.11 Å². The molecule has 1 aromatic heterocycles. The zero-order valence-corrected chi connectivity index (χ0v) is 12.0. The summed E-state index contributed by atoms with van der Waals surface area (Å²) in [7, 11) is 1.69. The molecule has 0 spiro atoms. The van der Waals surface area contributed by atoms with Gasteiger partial charge in [-0.3, -0.25) is 4.79 Å². The first-order valence-corrected chi connectivity index (χ1v) is 6.99. The van der Waals surface area contributed by atoms with Gasteiger partial charge in [-0.05, 0) is 12.8 Å². The van der Waals surface area contributed by atoms with Gasteiger partial charge in [-0.25, -0.2) is 9.78 Å². The van der Waals surface area contributed by atoms with Gasteiger partial charge in [0.1, 0.15) is 5.01 Å².